The molecule has 0 nitrogen and oxygen atoms in total. The molecule has 0 amide bonds. The Morgan fingerprint density at radius 3 is 0.857 bits per heavy atom. The van der Waals surface area contributed by atoms with Crippen LogP contribution in [0.15, 0.2) is 0 Å². The third kappa shape index (κ3) is 150. The minimum absolute atomic E-state index is 0. The second-order valence-electron chi connectivity index (χ2n) is 1.50. The van der Waals surface area contributed by atoms with Crippen molar-refractivity contribution in [1.29, 1.82) is 0 Å². The molecule has 0 bridgehead atoms. The van der Waals surface area contributed by atoms with E-state index in [0.29, 0.717) is 0 Å². The first-order chi connectivity index (χ1) is 1.73. The molecule has 0 spiro atoms. The van der Waals surface area contributed by atoms with Gasteiger partial charge in [-0.3, -0.25) is 0 Å². The number of halogens is 2. The molecular weight excluding hydrogens is 171 g/mol. The summed E-state index contributed by atoms with van der Waals surface area (Å²) in [6, 6.07) is 0. The Hall–Kier alpha value is 1.11. The van der Waals surface area contributed by atoms with Gasteiger partial charge in [0.15, 0.2) is 0 Å². The Kier molecular flexibility index (Phi) is 54.5. The predicted octanol–water partition coefficient (Wildman–Crippen LogP) is -4.37. The van der Waals surface area contributed by atoms with E-state index in [1.807, 2.05) is 0 Å². The fourth-order valence-electron chi connectivity index (χ4n) is 0. The average molecular weight is 180 g/mol. The number of rotatable bonds is 0. The summed E-state index contributed by atoms with van der Waals surface area (Å²) >= 11 is 0. The fourth-order valence-corrected chi connectivity index (χ4v) is 0. The maximum Gasteiger partial charge on any atom is 3.00 e. The van der Waals surface area contributed by atoms with Crippen LogP contribution in [-0.4, -0.2) is 0 Å². The zero-order valence-electron chi connectivity index (χ0n) is 4.66. The van der Waals surface area contributed by atoms with Crippen molar-refractivity contribution in [3.8, 4) is 0 Å². The van der Waals surface area contributed by atoms with E-state index in [9.17, 15) is 0 Å². The summed E-state index contributed by atoms with van der Waals surface area (Å²) in [6.07, 6.45) is 0. The Bertz CT molecular complexity index is 14.4. The van der Waals surface area contributed by atoms with Gasteiger partial charge in [0.1, 0.15) is 0 Å². The molecule has 0 saturated carbocycles. The molecule has 0 aliphatic carbocycles. The molecule has 0 aromatic rings. The molecule has 1 radical (unpaired) electrons. The Morgan fingerprint density at radius 1 is 0.857 bits per heavy atom. The van der Waals surface area contributed by atoms with Gasteiger partial charge >= 0.3 is 17.4 Å². The largest absolute Gasteiger partial charge is 3.00 e. The molecule has 45 valence electrons. The van der Waals surface area contributed by atoms with Crippen molar-refractivity contribution in [2.45, 2.75) is 20.8 Å². The second kappa shape index (κ2) is 15.7. The van der Waals surface area contributed by atoms with Crippen molar-refractivity contribution < 1.29 is 42.2 Å². The first kappa shape index (κ1) is 24.3. The molecule has 0 N–H and O–H groups in total. The Morgan fingerprint density at radius 2 is 0.857 bits per heavy atom. The van der Waals surface area contributed by atoms with Crippen LogP contribution in [0.5, 0.6) is 0 Å². The molecule has 0 aliphatic heterocycles. The minimum Gasteiger partial charge on any atom is -1.00 e. The van der Waals surface area contributed by atoms with Crippen LogP contribution in [0.25, 0.3) is 0 Å². The maximum absolute atomic E-state index is 2.08. The topological polar surface area (TPSA) is 0 Å². The van der Waals surface area contributed by atoms with Gasteiger partial charge in [-0.1, -0.05) is 0 Å². The van der Waals surface area contributed by atoms with E-state index in [4.69, 9.17) is 0 Å². The molecule has 0 saturated heterocycles. The van der Waals surface area contributed by atoms with E-state index in [1.54, 1.807) is 0 Å². The van der Waals surface area contributed by atoms with E-state index < -0.39 is 0 Å². The molecule has 0 fully saturated rings. The SMILES string of the molecule is C[C-](C)C.[Cl-].[Cl-].[Cr+3]. The second-order valence-corrected chi connectivity index (χ2v) is 1.50. The third-order valence-corrected chi connectivity index (χ3v) is 0. The van der Waals surface area contributed by atoms with Crippen molar-refractivity contribution >= 4 is 0 Å². The quantitative estimate of drug-likeness (QED) is 0.330. The summed E-state index contributed by atoms with van der Waals surface area (Å²) in [5, 5.41) is 0. The van der Waals surface area contributed by atoms with E-state index in [1.165, 1.54) is 5.92 Å². The Labute approximate surface area is 69.0 Å². The molecular formula is C4H9Cl2Cr. The van der Waals surface area contributed by atoms with Gasteiger partial charge in [0.05, 0.1) is 0 Å². The Balaban J connectivity index is -0.0000000150. The van der Waals surface area contributed by atoms with E-state index in [0.717, 1.165) is 0 Å². The van der Waals surface area contributed by atoms with Crippen LogP contribution in [0.2, 0.25) is 0 Å². The van der Waals surface area contributed by atoms with Crippen LogP contribution in [0.1, 0.15) is 20.8 Å². The number of hydrogen-bond acceptors (Lipinski definition) is 0. The van der Waals surface area contributed by atoms with Gasteiger partial charge in [-0.2, -0.15) is 20.8 Å². The molecule has 0 heterocycles. The zero-order valence-corrected chi connectivity index (χ0v) is 7.45. The minimum atomic E-state index is 0. The van der Waals surface area contributed by atoms with Crippen molar-refractivity contribution in [2.24, 2.45) is 0 Å². The summed E-state index contributed by atoms with van der Waals surface area (Å²) < 4.78 is 0. The van der Waals surface area contributed by atoms with Gasteiger partial charge in [-0.05, 0) is 0 Å². The first-order valence-corrected chi connectivity index (χ1v) is 1.50. The van der Waals surface area contributed by atoms with Gasteiger partial charge in [0.2, 0.25) is 0 Å². The zero-order chi connectivity index (χ0) is 3.58. The summed E-state index contributed by atoms with van der Waals surface area (Å²) in [5.74, 6) is 1.42. The molecule has 0 rings (SSSR count). The first-order valence-electron chi connectivity index (χ1n) is 1.50. The van der Waals surface area contributed by atoms with Crippen LogP contribution in [0.4, 0.5) is 0 Å². The van der Waals surface area contributed by atoms with Gasteiger partial charge in [-0.15, -0.1) is 0 Å². The monoisotopic (exact) mass is 179 g/mol. The molecule has 7 heavy (non-hydrogen) atoms. The van der Waals surface area contributed by atoms with Crippen LogP contribution in [-0.2, 0) is 17.4 Å². The summed E-state index contributed by atoms with van der Waals surface area (Å²) in [4.78, 5) is 0. The van der Waals surface area contributed by atoms with Crippen LogP contribution in [0, 0.1) is 5.92 Å². The van der Waals surface area contributed by atoms with Crippen molar-refractivity contribution in [1.82, 2.24) is 0 Å². The van der Waals surface area contributed by atoms with Crippen molar-refractivity contribution in [2.75, 3.05) is 0 Å². The average Bonchev–Trinajstić information content (AvgIpc) is 0.811. The van der Waals surface area contributed by atoms with Crippen LogP contribution in [0.3, 0.4) is 0 Å². The standard InChI is InChI=1S/C4H9.2ClH.Cr/c1-4(2)3;;;/h1-3H3;2*1H;/q-1;;;+3/p-2. The van der Waals surface area contributed by atoms with Gasteiger partial charge in [-0.25, -0.2) is 0 Å². The smallest absolute Gasteiger partial charge is 1.00 e. The maximum atomic E-state index is 2.08. The van der Waals surface area contributed by atoms with Crippen molar-refractivity contribution in [3.63, 3.8) is 0 Å². The molecule has 0 unspecified atom stereocenters. The van der Waals surface area contributed by atoms with E-state index in [2.05, 4.69) is 20.8 Å². The summed E-state index contributed by atoms with van der Waals surface area (Å²) in [5.41, 5.74) is 0. The summed E-state index contributed by atoms with van der Waals surface area (Å²) in [6.45, 7) is 6.25. The molecule has 0 aromatic carbocycles. The third-order valence-electron chi connectivity index (χ3n) is 0. The van der Waals surface area contributed by atoms with Gasteiger partial charge in [0.25, 0.3) is 0 Å². The van der Waals surface area contributed by atoms with Gasteiger partial charge in [0, 0.05) is 0 Å². The van der Waals surface area contributed by atoms with Gasteiger partial charge < -0.3 is 30.7 Å². The molecule has 0 aliphatic rings. The predicted molar refractivity (Wildman–Crippen MR) is 20.3 cm³/mol. The van der Waals surface area contributed by atoms with E-state index in [-0.39, 0.29) is 42.2 Å². The summed E-state index contributed by atoms with van der Waals surface area (Å²) in [7, 11) is 0. The normalized spacial score (nSPS) is 5.14. The number of hydrogen-bond donors (Lipinski definition) is 0. The van der Waals surface area contributed by atoms with Crippen LogP contribution >= 0.6 is 0 Å². The molecule has 3 heteroatoms. The van der Waals surface area contributed by atoms with E-state index >= 15 is 0 Å². The van der Waals surface area contributed by atoms with Crippen LogP contribution < -0.4 is 24.8 Å². The van der Waals surface area contributed by atoms with Crippen molar-refractivity contribution in [3.05, 3.63) is 5.92 Å². The fraction of sp³-hybridized carbons (Fsp3) is 0.750. The molecule has 0 aromatic heterocycles. The molecule has 0 atom stereocenters.